The maximum atomic E-state index is 12.3. The number of amides is 1. The average Bonchev–Trinajstić information content (AvgIpc) is 2.99. The van der Waals surface area contributed by atoms with Crippen molar-refractivity contribution < 1.29 is 10.0 Å². The van der Waals surface area contributed by atoms with Gasteiger partial charge < -0.3 is 10.1 Å². The van der Waals surface area contributed by atoms with E-state index in [0.717, 1.165) is 10.6 Å². The highest BCUT2D eigenvalue weighted by molar-refractivity contribution is 7.27. The van der Waals surface area contributed by atoms with Crippen LogP contribution < -0.4 is 0 Å². The van der Waals surface area contributed by atoms with E-state index in [-0.39, 0.29) is 5.91 Å². The molecule has 0 spiro atoms. The molecule has 1 saturated heterocycles. The zero-order valence-electron chi connectivity index (χ0n) is 9.63. The lowest BCUT2D eigenvalue weighted by molar-refractivity contribution is 0.0758. The van der Waals surface area contributed by atoms with Crippen molar-refractivity contribution in [2.45, 2.75) is 12.8 Å². The summed E-state index contributed by atoms with van der Waals surface area (Å²) in [7, 11) is 0. The Hall–Kier alpha value is -1.40. The summed E-state index contributed by atoms with van der Waals surface area (Å²) in [5.74, 6) is 0.0976. The average molecular weight is 280 g/mol. The van der Waals surface area contributed by atoms with Crippen LogP contribution in [0.15, 0.2) is 22.7 Å². The molecule has 0 saturated carbocycles. The number of oxime groups is 1. The molecule has 1 aliphatic heterocycles. The first kappa shape index (κ1) is 11.7. The predicted octanol–water partition coefficient (Wildman–Crippen LogP) is 3.03. The van der Waals surface area contributed by atoms with Crippen LogP contribution in [0.2, 0.25) is 0 Å². The number of hydrogen-bond donors (Lipinski definition) is 1. The molecule has 0 aliphatic carbocycles. The van der Waals surface area contributed by atoms with Crippen LogP contribution in [0.1, 0.15) is 22.5 Å². The highest BCUT2D eigenvalue weighted by Crippen LogP contribution is 2.31. The molecule has 3 rings (SSSR count). The van der Waals surface area contributed by atoms with E-state index < -0.39 is 0 Å². The second-order valence-corrected chi connectivity index (χ2v) is 6.25. The fourth-order valence-electron chi connectivity index (χ4n) is 2.09. The van der Waals surface area contributed by atoms with Gasteiger partial charge in [-0.3, -0.25) is 4.79 Å². The van der Waals surface area contributed by atoms with Crippen molar-refractivity contribution in [1.29, 1.82) is 0 Å². The standard InChI is InChI=1S/C12H12N2O2S2/c15-12(14-4-1-8(13-16)2-5-14)11-7-10-9(18-11)3-6-17-10/h3,6-7,16H,1-2,4-5H2. The number of nitrogens with zero attached hydrogens (tertiary/aromatic N) is 2. The van der Waals surface area contributed by atoms with Gasteiger partial charge in [-0.25, -0.2) is 0 Å². The summed E-state index contributed by atoms with van der Waals surface area (Å²) in [6.07, 6.45) is 1.34. The van der Waals surface area contributed by atoms with E-state index in [9.17, 15) is 4.79 Å². The SMILES string of the molecule is O=C(c1cc2sccc2s1)N1CCC(=NO)CC1. The maximum absolute atomic E-state index is 12.3. The Morgan fingerprint density at radius 3 is 2.78 bits per heavy atom. The number of thiophene rings is 2. The number of carbonyl (C=O) groups excluding carboxylic acids is 1. The van der Waals surface area contributed by atoms with E-state index in [1.54, 1.807) is 22.7 Å². The highest BCUT2D eigenvalue weighted by Gasteiger charge is 2.22. The Kier molecular flexibility index (Phi) is 3.05. The van der Waals surface area contributed by atoms with Gasteiger partial charge in [-0.2, -0.15) is 0 Å². The molecule has 2 aromatic rings. The van der Waals surface area contributed by atoms with Crippen LogP contribution in [0.25, 0.3) is 9.40 Å². The first-order valence-corrected chi connectivity index (χ1v) is 7.43. The summed E-state index contributed by atoms with van der Waals surface area (Å²) in [6, 6.07) is 4.02. The van der Waals surface area contributed by atoms with E-state index in [2.05, 4.69) is 5.16 Å². The number of hydrogen-bond acceptors (Lipinski definition) is 5. The second-order valence-electron chi connectivity index (χ2n) is 4.22. The molecular weight excluding hydrogens is 268 g/mol. The predicted molar refractivity (Wildman–Crippen MR) is 74.1 cm³/mol. The first-order valence-electron chi connectivity index (χ1n) is 5.74. The molecule has 94 valence electrons. The Morgan fingerprint density at radius 2 is 2.11 bits per heavy atom. The lowest BCUT2D eigenvalue weighted by atomic mass is 10.1. The highest BCUT2D eigenvalue weighted by atomic mass is 32.1. The molecule has 1 fully saturated rings. The van der Waals surface area contributed by atoms with Crippen LogP contribution in [0, 0.1) is 0 Å². The van der Waals surface area contributed by atoms with Crippen molar-refractivity contribution in [3.05, 3.63) is 22.4 Å². The number of piperidine rings is 1. The molecule has 0 aromatic carbocycles. The normalized spacial score (nSPS) is 16.2. The zero-order valence-corrected chi connectivity index (χ0v) is 11.3. The fourth-order valence-corrected chi connectivity index (χ4v) is 4.17. The molecule has 6 heteroatoms. The van der Waals surface area contributed by atoms with Gasteiger partial charge in [0.2, 0.25) is 0 Å². The quantitative estimate of drug-likeness (QED) is 0.645. The van der Waals surface area contributed by atoms with Crippen molar-refractivity contribution >= 4 is 43.7 Å². The molecule has 0 unspecified atom stereocenters. The summed E-state index contributed by atoms with van der Waals surface area (Å²) in [6.45, 7) is 1.29. The third-order valence-corrected chi connectivity index (χ3v) is 5.20. The van der Waals surface area contributed by atoms with E-state index in [0.29, 0.717) is 25.9 Å². The molecule has 0 bridgehead atoms. The van der Waals surface area contributed by atoms with Crippen LogP contribution in [-0.2, 0) is 0 Å². The topological polar surface area (TPSA) is 52.9 Å². The minimum atomic E-state index is 0.0976. The summed E-state index contributed by atoms with van der Waals surface area (Å²) in [5.41, 5.74) is 0.784. The van der Waals surface area contributed by atoms with E-state index in [1.165, 1.54) is 9.40 Å². The van der Waals surface area contributed by atoms with Crippen LogP contribution in [0.4, 0.5) is 0 Å². The van der Waals surface area contributed by atoms with Gasteiger partial charge in [0, 0.05) is 35.3 Å². The summed E-state index contributed by atoms with van der Waals surface area (Å²) in [5, 5.41) is 14.0. The number of rotatable bonds is 1. The van der Waals surface area contributed by atoms with Crippen LogP contribution in [0.3, 0.4) is 0 Å². The molecule has 3 heterocycles. The van der Waals surface area contributed by atoms with E-state index in [4.69, 9.17) is 5.21 Å². The van der Waals surface area contributed by atoms with E-state index in [1.807, 2.05) is 22.4 Å². The molecule has 1 amide bonds. The molecule has 1 aliphatic rings. The molecule has 18 heavy (non-hydrogen) atoms. The van der Waals surface area contributed by atoms with Crippen molar-refractivity contribution in [3.8, 4) is 0 Å². The Labute approximate surface area is 112 Å². The minimum absolute atomic E-state index is 0.0976. The van der Waals surface area contributed by atoms with Gasteiger partial charge >= 0.3 is 0 Å². The van der Waals surface area contributed by atoms with Gasteiger partial charge in [0.05, 0.1) is 10.6 Å². The number of fused-ring (bicyclic) bond motifs is 1. The Morgan fingerprint density at radius 1 is 1.33 bits per heavy atom. The zero-order chi connectivity index (χ0) is 12.5. The van der Waals surface area contributed by atoms with Crippen molar-refractivity contribution in [2.75, 3.05) is 13.1 Å². The molecule has 4 nitrogen and oxygen atoms in total. The fraction of sp³-hybridized carbons (Fsp3) is 0.333. The minimum Gasteiger partial charge on any atom is -0.411 e. The largest absolute Gasteiger partial charge is 0.411 e. The van der Waals surface area contributed by atoms with Gasteiger partial charge in [0.25, 0.3) is 5.91 Å². The monoisotopic (exact) mass is 280 g/mol. The summed E-state index contributed by atoms with van der Waals surface area (Å²) >= 11 is 3.22. The molecule has 1 N–H and O–H groups in total. The third kappa shape index (κ3) is 2.02. The van der Waals surface area contributed by atoms with E-state index >= 15 is 0 Å². The third-order valence-electron chi connectivity index (χ3n) is 3.12. The van der Waals surface area contributed by atoms with Gasteiger partial charge in [-0.05, 0) is 17.5 Å². The van der Waals surface area contributed by atoms with Crippen molar-refractivity contribution in [2.24, 2.45) is 5.16 Å². The van der Waals surface area contributed by atoms with Crippen LogP contribution in [-0.4, -0.2) is 34.8 Å². The first-order chi connectivity index (χ1) is 8.78. The van der Waals surface area contributed by atoms with Crippen LogP contribution in [0.5, 0.6) is 0 Å². The van der Waals surface area contributed by atoms with Crippen LogP contribution >= 0.6 is 22.7 Å². The molecule has 0 atom stereocenters. The van der Waals surface area contributed by atoms with Crippen molar-refractivity contribution in [1.82, 2.24) is 4.90 Å². The molecule has 2 aromatic heterocycles. The summed E-state index contributed by atoms with van der Waals surface area (Å²) < 4.78 is 2.36. The second kappa shape index (κ2) is 4.70. The number of likely N-dealkylation sites (tertiary alicyclic amines) is 1. The smallest absolute Gasteiger partial charge is 0.264 e. The lowest BCUT2D eigenvalue weighted by Crippen LogP contribution is -2.38. The lowest BCUT2D eigenvalue weighted by Gasteiger charge is -2.26. The Balaban J connectivity index is 1.77. The Bertz CT molecular complexity index is 576. The molecular formula is C12H12N2O2S2. The molecule has 0 radical (unpaired) electrons. The van der Waals surface area contributed by atoms with Crippen molar-refractivity contribution in [3.63, 3.8) is 0 Å². The maximum Gasteiger partial charge on any atom is 0.264 e. The van der Waals surface area contributed by atoms with Gasteiger partial charge in [-0.15, -0.1) is 22.7 Å². The van der Waals surface area contributed by atoms with Gasteiger partial charge in [0.15, 0.2) is 0 Å². The van der Waals surface area contributed by atoms with Gasteiger partial charge in [0.1, 0.15) is 0 Å². The number of carbonyl (C=O) groups is 1. The van der Waals surface area contributed by atoms with Gasteiger partial charge in [-0.1, -0.05) is 5.16 Å². The summed E-state index contributed by atoms with van der Waals surface area (Å²) in [4.78, 5) is 14.9.